The zero-order chi connectivity index (χ0) is 22.5. The summed E-state index contributed by atoms with van der Waals surface area (Å²) >= 11 is 0. The first-order valence-corrected chi connectivity index (χ1v) is 11.4. The highest BCUT2D eigenvalue weighted by Gasteiger charge is 2.24. The highest BCUT2D eigenvalue weighted by molar-refractivity contribution is 6.13. The van der Waals surface area contributed by atoms with Crippen LogP contribution in [-0.4, -0.2) is 26.9 Å². The third kappa shape index (κ3) is 3.05. The second kappa shape index (κ2) is 7.59. The second-order valence-corrected chi connectivity index (χ2v) is 8.60. The Labute approximate surface area is 192 Å². The average molecular weight is 436 g/mol. The summed E-state index contributed by atoms with van der Waals surface area (Å²) in [6, 6.07) is 18.2. The number of hydrogen-bond donors (Lipinski definition) is 1. The number of rotatable bonds is 3. The van der Waals surface area contributed by atoms with Gasteiger partial charge in [-0.2, -0.15) is 5.10 Å². The third-order valence-corrected chi connectivity index (χ3v) is 6.62. The smallest absolute Gasteiger partial charge is 0.166 e. The predicted octanol–water partition coefficient (Wildman–Crippen LogP) is 5.41. The minimum Gasteiger partial charge on any atom is -0.497 e. The lowest BCUT2D eigenvalue weighted by molar-refractivity contribution is 0.415. The van der Waals surface area contributed by atoms with Crippen molar-refractivity contribution in [2.75, 3.05) is 12.8 Å². The fourth-order valence-electron chi connectivity index (χ4n) is 5.02. The van der Waals surface area contributed by atoms with E-state index in [1.165, 1.54) is 5.56 Å². The Morgan fingerprint density at radius 3 is 2.42 bits per heavy atom. The van der Waals surface area contributed by atoms with Crippen LogP contribution in [0.1, 0.15) is 29.8 Å². The molecule has 2 N–H and O–H groups in total. The number of hydrogen-bond acceptors (Lipinski definition) is 5. The molecule has 33 heavy (non-hydrogen) atoms. The van der Waals surface area contributed by atoms with Crippen molar-refractivity contribution in [3.05, 3.63) is 71.5 Å². The van der Waals surface area contributed by atoms with Gasteiger partial charge < -0.3 is 10.5 Å². The van der Waals surface area contributed by atoms with E-state index in [4.69, 9.17) is 25.5 Å². The van der Waals surface area contributed by atoms with Gasteiger partial charge in [0.2, 0.25) is 0 Å². The minimum absolute atomic E-state index is 0.684. The number of methoxy groups -OCH3 is 1. The number of benzene rings is 2. The molecule has 5 aromatic rings. The normalized spacial score (nSPS) is 13.4. The summed E-state index contributed by atoms with van der Waals surface area (Å²) in [6.07, 6.45) is 4.19. The molecular weight excluding hydrogens is 410 g/mol. The maximum absolute atomic E-state index is 6.86. The maximum atomic E-state index is 6.86. The summed E-state index contributed by atoms with van der Waals surface area (Å²) in [7, 11) is 1.68. The Balaban J connectivity index is 1.77. The van der Waals surface area contributed by atoms with Gasteiger partial charge in [-0.05, 0) is 68.0 Å². The minimum atomic E-state index is 0.684. The van der Waals surface area contributed by atoms with Crippen LogP contribution in [0.25, 0.3) is 38.9 Å². The molecule has 6 nitrogen and oxygen atoms in total. The summed E-state index contributed by atoms with van der Waals surface area (Å²) in [5.74, 6) is 0.813. The molecule has 0 spiro atoms. The van der Waals surface area contributed by atoms with E-state index in [1.54, 1.807) is 7.11 Å². The van der Waals surface area contributed by atoms with Gasteiger partial charge in [-0.15, -0.1) is 0 Å². The number of ether oxygens (including phenoxy) is 1. The van der Waals surface area contributed by atoms with Crippen molar-refractivity contribution in [3.63, 3.8) is 0 Å². The predicted molar refractivity (Wildman–Crippen MR) is 132 cm³/mol. The van der Waals surface area contributed by atoms with Gasteiger partial charge in [0.05, 0.1) is 29.3 Å². The lowest BCUT2D eigenvalue weighted by atomic mass is 9.90. The molecule has 0 radical (unpaired) electrons. The zero-order valence-electron chi connectivity index (χ0n) is 18.8. The zero-order valence-corrected chi connectivity index (χ0v) is 18.8. The molecule has 0 fully saturated rings. The van der Waals surface area contributed by atoms with Crippen molar-refractivity contribution in [1.29, 1.82) is 0 Å². The molecule has 0 amide bonds. The molecule has 0 atom stereocenters. The van der Waals surface area contributed by atoms with Crippen LogP contribution in [-0.2, 0) is 12.8 Å². The summed E-state index contributed by atoms with van der Waals surface area (Å²) in [5.41, 5.74) is 15.4. The number of fused-ring (bicyclic) bond motifs is 3. The molecule has 0 saturated carbocycles. The van der Waals surface area contributed by atoms with E-state index in [9.17, 15) is 0 Å². The quantitative estimate of drug-likeness (QED) is 0.410. The van der Waals surface area contributed by atoms with Gasteiger partial charge in [0.25, 0.3) is 0 Å². The number of pyridine rings is 2. The number of para-hydroxylation sites is 1. The Hall–Kier alpha value is -3.93. The Morgan fingerprint density at radius 1 is 0.909 bits per heavy atom. The fraction of sp³-hybridized carbons (Fsp3) is 0.222. The second-order valence-electron chi connectivity index (χ2n) is 8.60. The van der Waals surface area contributed by atoms with Gasteiger partial charge in [0, 0.05) is 16.9 Å². The Bertz CT molecular complexity index is 1500. The number of anilines is 1. The summed E-state index contributed by atoms with van der Waals surface area (Å²) < 4.78 is 7.31. The van der Waals surface area contributed by atoms with Gasteiger partial charge in [0.1, 0.15) is 5.75 Å². The molecule has 6 rings (SSSR count). The molecule has 6 heteroatoms. The Morgan fingerprint density at radius 2 is 1.67 bits per heavy atom. The SMILES string of the molecule is COc1ccc(-c2c3c(N)c4c(nc3nc3c2c(C)nn3-c2ccccc2)CCCC4)cc1. The number of aromatic nitrogens is 4. The van der Waals surface area contributed by atoms with Gasteiger partial charge in [-0.25, -0.2) is 14.6 Å². The molecule has 3 heterocycles. The van der Waals surface area contributed by atoms with Crippen LogP contribution in [0.5, 0.6) is 5.75 Å². The summed E-state index contributed by atoms with van der Waals surface area (Å²) in [4.78, 5) is 10.1. The molecule has 3 aromatic heterocycles. The molecule has 164 valence electrons. The third-order valence-electron chi connectivity index (χ3n) is 6.62. The largest absolute Gasteiger partial charge is 0.497 e. The van der Waals surface area contributed by atoms with Crippen molar-refractivity contribution in [2.24, 2.45) is 0 Å². The summed E-state index contributed by atoms with van der Waals surface area (Å²) in [6.45, 7) is 2.03. The highest BCUT2D eigenvalue weighted by Crippen LogP contribution is 2.42. The molecule has 0 aliphatic heterocycles. The average Bonchev–Trinajstić information content (AvgIpc) is 3.19. The van der Waals surface area contributed by atoms with Gasteiger partial charge in [-0.3, -0.25) is 0 Å². The lowest BCUT2D eigenvalue weighted by Crippen LogP contribution is -2.11. The van der Waals surface area contributed by atoms with Crippen LogP contribution in [0.3, 0.4) is 0 Å². The van der Waals surface area contributed by atoms with Crippen molar-refractivity contribution < 1.29 is 4.74 Å². The van der Waals surface area contributed by atoms with Crippen molar-refractivity contribution in [1.82, 2.24) is 19.7 Å². The fourth-order valence-corrected chi connectivity index (χ4v) is 5.02. The van der Waals surface area contributed by atoms with Crippen LogP contribution < -0.4 is 10.5 Å². The molecule has 0 bridgehead atoms. The highest BCUT2D eigenvalue weighted by atomic mass is 16.5. The lowest BCUT2D eigenvalue weighted by Gasteiger charge is -2.20. The van der Waals surface area contributed by atoms with Gasteiger partial charge in [0.15, 0.2) is 11.3 Å². The van der Waals surface area contributed by atoms with Crippen molar-refractivity contribution in [2.45, 2.75) is 32.6 Å². The molecule has 1 aliphatic rings. The molecular formula is C27H25N5O. The number of nitrogens with zero attached hydrogens (tertiary/aromatic N) is 4. The van der Waals surface area contributed by atoms with Crippen molar-refractivity contribution in [3.8, 4) is 22.6 Å². The van der Waals surface area contributed by atoms with Gasteiger partial charge in [-0.1, -0.05) is 30.3 Å². The van der Waals surface area contributed by atoms with E-state index >= 15 is 0 Å². The van der Waals surface area contributed by atoms with Crippen LogP contribution in [0.15, 0.2) is 54.6 Å². The molecule has 2 aromatic carbocycles. The van der Waals surface area contributed by atoms with E-state index < -0.39 is 0 Å². The van der Waals surface area contributed by atoms with Gasteiger partial charge >= 0.3 is 0 Å². The first-order valence-electron chi connectivity index (χ1n) is 11.4. The van der Waals surface area contributed by atoms with Crippen LogP contribution in [0, 0.1) is 6.92 Å². The Kier molecular flexibility index (Phi) is 4.54. The van der Waals surface area contributed by atoms with E-state index in [1.807, 2.05) is 54.1 Å². The molecule has 1 aliphatic carbocycles. The monoisotopic (exact) mass is 435 g/mol. The van der Waals surface area contributed by atoms with E-state index in [0.717, 1.165) is 81.7 Å². The number of nitrogens with two attached hydrogens (primary N) is 1. The first kappa shape index (κ1) is 19.7. The number of aryl methyl sites for hydroxylation is 2. The standard InChI is InChI=1S/C27H25N5O/c1-16-22-23(17-12-14-19(33-2)15-13-17)24-25(28)20-10-6-7-11-21(20)29-26(24)30-27(22)32(31-16)18-8-4-3-5-9-18/h3-5,8-9,12-15H,6-7,10-11H2,1-2H3,(H2,28,29,30). The van der Waals surface area contributed by atoms with Crippen molar-refractivity contribution >= 4 is 27.8 Å². The topological polar surface area (TPSA) is 78.8 Å². The number of nitrogen functional groups attached to an aromatic ring is 1. The summed E-state index contributed by atoms with van der Waals surface area (Å²) in [5, 5.41) is 6.81. The van der Waals surface area contributed by atoms with Crippen LogP contribution >= 0.6 is 0 Å². The molecule has 0 unspecified atom stereocenters. The molecule has 0 saturated heterocycles. The van der Waals surface area contributed by atoms with E-state index in [2.05, 4.69) is 12.1 Å². The maximum Gasteiger partial charge on any atom is 0.166 e. The first-order chi connectivity index (χ1) is 16.2. The van der Waals surface area contributed by atoms with E-state index in [-0.39, 0.29) is 0 Å². The van der Waals surface area contributed by atoms with Crippen LogP contribution in [0.4, 0.5) is 5.69 Å². The van der Waals surface area contributed by atoms with Crippen LogP contribution in [0.2, 0.25) is 0 Å². The van der Waals surface area contributed by atoms with E-state index in [0.29, 0.717) is 5.65 Å².